The van der Waals surface area contributed by atoms with Crippen LogP contribution in [0.25, 0.3) is 0 Å². The highest BCUT2D eigenvalue weighted by Gasteiger charge is 2.42. The Morgan fingerprint density at radius 3 is 0.875 bits per heavy atom. The molecule has 1 aliphatic heterocycles. The highest BCUT2D eigenvalue weighted by atomic mass is 31.3. The van der Waals surface area contributed by atoms with E-state index in [1.165, 1.54) is 55.4 Å². The fraction of sp³-hybridized carbons (Fsp3) is 1.00. The maximum atomic E-state index is 15.7. The Morgan fingerprint density at radius 2 is 0.625 bits per heavy atom. The van der Waals surface area contributed by atoms with Crippen molar-refractivity contribution < 1.29 is 43.3 Å². The monoisotopic (exact) mass is 575 g/mol. The molecule has 20 heteroatoms. The molecule has 0 aromatic carbocycles. The third kappa shape index (κ3) is 10.5. The summed E-state index contributed by atoms with van der Waals surface area (Å²) in [5.74, 6) is 0. The van der Waals surface area contributed by atoms with Crippen LogP contribution in [-0.4, -0.2) is 24.4 Å². The first-order valence-corrected chi connectivity index (χ1v) is 16.8. The molecule has 4 atom stereocenters. The van der Waals surface area contributed by atoms with Gasteiger partial charge in [-0.2, -0.15) is 16.8 Å². The predicted molar refractivity (Wildman–Crippen MR) is 118 cm³/mol. The second kappa shape index (κ2) is 11.1. The van der Waals surface area contributed by atoms with Crippen LogP contribution in [0.5, 0.6) is 0 Å². The topological polar surface area (TPSA) is 98.7 Å². The van der Waals surface area contributed by atoms with Crippen molar-refractivity contribution in [2.45, 2.75) is 79.8 Å². The summed E-state index contributed by atoms with van der Waals surface area (Å²) in [4.78, 5) is 0. The van der Waals surface area contributed by atoms with Gasteiger partial charge in [0.1, 0.15) is 0 Å². The van der Waals surface area contributed by atoms with Crippen LogP contribution in [0.15, 0.2) is 22.6 Å². The summed E-state index contributed by atoms with van der Waals surface area (Å²) in [5.41, 5.74) is 0. The van der Waals surface area contributed by atoms with Crippen molar-refractivity contribution >= 4 is 38.8 Å². The molecule has 1 aliphatic rings. The Morgan fingerprint density at radius 1 is 0.406 bits per heavy atom. The summed E-state index contributed by atoms with van der Waals surface area (Å²) < 4.78 is 125. The van der Waals surface area contributed by atoms with Crippen molar-refractivity contribution in [3.8, 4) is 0 Å². The lowest BCUT2D eigenvalue weighted by Gasteiger charge is -2.24. The zero-order chi connectivity index (χ0) is 25.2. The molecule has 0 saturated carbocycles. The molecule has 1 heterocycles. The Kier molecular flexibility index (Phi) is 10.6. The zero-order valence-electron chi connectivity index (χ0n) is 18.7. The molecule has 0 aliphatic carbocycles. The quantitative estimate of drug-likeness (QED) is 0.212. The van der Waals surface area contributed by atoms with E-state index >= 15 is 16.8 Å². The molecule has 4 unspecified atom stereocenters. The van der Waals surface area contributed by atoms with Gasteiger partial charge in [0.15, 0.2) is 0 Å². The molecule has 1 rings (SSSR count). The van der Waals surface area contributed by atoms with Crippen LogP contribution in [0, 0.1) is 0 Å². The fourth-order valence-corrected chi connectivity index (χ4v) is 13.2. The first-order chi connectivity index (χ1) is 14.2. The number of rotatable bonds is 8. The lowest BCUT2D eigenvalue weighted by atomic mass is 10.5. The van der Waals surface area contributed by atoms with Crippen molar-refractivity contribution in [3.05, 3.63) is 0 Å². The molecule has 0 aromatic heterocycles. The minimum atomic E-state index is -6.28. The number of nitrogens with zero attached hydrogens (tertiary/aromatic N) is 5. The Balaban J connectivity index is 4.26. The molecule has 0 aromatic rings. The molecule has 192 valence electrons. The summed E-state index contributed by atoms with van der Waals surface area (Å²) in [6, 6.07) is 0. The molecule has 0 amide bonds. The smallest absolute Gasteiger partial charge is 0.300 e. The largest absolute Gasteiger partial charge is 0.425 e. The van der Waals surface area contributed by atoms with Gasteiger partial charge in [-0.25, -0.2) is 0 Å². The molecule has 0 saturated heterocycles. The molecule has 9 nitrogen and oxygen atoms in total. The normalized spacial score (nSPS) is 35.7. The van der Waals surface area contributed by atoms with Crippen LogP contribution in [0.3, 0.4) is 0 Å². The van der Waals surface area contributed by atoms with Crippen molar-refractivity contribution in [1.82, 2.24) is 0 Å². The van der Waals surface area contributed by atoms with Crippen LogP contribution >= 0.6 is 38.8 Å². The van der Waals surface area contributed by atoms with E-state index in [2.05, 4.69) is 22.6 Å². The van der Waals surface area contributed by atoms with Gasteiger partial charge in [0.25, 0.3) is 0 Å². The predicted octanol–water partition coefficient (Wildman–Crippen LogP) is 11.2. The average Bonchev–Trinajstić information content (AvgIpc) is 2.36. The third-order valence-corrected chi connectivity index (χ3v) is 14.0. The summed E-state index contributed by atoms with van der Waals surface area (Å²) in [6.45, 7) is 10.1. The van der Waals surface area contributed by atoms with Crippen molar-refractivity contribution in [3.63, 3.8) is 0 Å². The van der Waals surface area contributed by atoms with E-state index in [0.29, 0.717) is 0 Å². The van der Waals surface area contributed by atoms with E-state index in [1.807, 2.05) is 0 Å². The van der Waals surface area contributed by atoms with Gasteiger partial charge in [-0.15, -0.1) is 31.0 Å². The van der Waals surface area contributed by atoms with E-state index in [1.54, 1.807) is 0 Å². The second-order valence-electron chi connectivity index (χ2n) is 7.41. The molecular formula is C12H28F6N5O4P5. The highest BCUT2D eigenvalue weighted by molar-refractivity contribution is 7.78. The molecule has 0 spiro atoms. The van der Waals surface area contributed by atoms with Gasteiger partial charge >= 0.3 is 38.8 Å². The van der Waals surface area contributed by atoms with Gasteiger partial charge in [0, 0.05) is 0 Å². The van der Waals surface area contributed by atoms with Crippen LogP contribution in [0.2, 0.25) is 0 Å². The lowest BCUT2D eigenvalue weighted by Crippen LogP contribution is -2.01. The zero-order valence-corrected chi connectivity index (χ0v) is 23.2. The SMILES string of the molecule is CC(C)OP1(F)=NP(F)(F)=NP(F)(OC(C)C)=NP(F)(OC(C)C)=NP(F)(OC(C)C)=N1. The molecule has 0 bridgehead atoms. The molecule has 0 fully saturated rings. The van der Waals surface area contributed by atoms with E-state index < -0.39 is 63.2 Å². The van der Waals surface area contributed by atoms with E-state index in [-0.39, 0.29) is 0 Å². The number of hydrogen-bond acceptors (Lipinski definition) is 9. The first-order valence-electron chi connectivity index (χ1n) is 9.31. The number of hydrogen-bond donors (Lipinski definition) is 0. The molecule has 0 radical (unpaired) electrons. The van der Waals surface area contributed by atoms with Gasteiger partial charge in [-0.1, -0.05) is 0 Å². The Bertz CT molecular complexity index is 940. The van der Waals surface area contributed by atoms with Crippen LogP contribution in [0.1, 0.15) is 55.4 Å². The van der Waals surface area contributed by atoms with Gasteiger partial charge in [0.2, 0.25) is 0 Å². The third-order valence-electron chi connectivity index (χ3n) is 2.48. The van der Waals surface area contributed by atoms with E-state index in [9.17, 15) is 8.39 Å². The van der Waals surface area contributed by atoms with Gasteiger partial charge < -0.3 is 18.1 Å². The van der Waals surface area contributed by atoms with Crippen LogP contribution in [0.4, 0.5) is 25.2 Å². The summed E-state index contributed by atoms with van der Waals surface area (Å²) in [7, 11) is -28.3. The summed E-state index contributed by atoms with van der Waals surface area (Å²) in [5, 5.41) is 0. The second-order valence-corrected chi connectivity index (χ2v) is 16.5. The Hall–Kier alpha value is 0.570. The van der Waals surface area contributed by atoms with Crippen LogP contribution in [-0.2, 0) is 18.1 Å². The van der Waals surface area contributed by atoms with Crippen molar-refractivity contribution in [1.29, 1.82) is 0 Å². The minimum Gasteiger partial charge on any atom is -0.300 e. The van der Waals surface area contributed by atoms with Crippen LogP contribution < -0.4 is 0 Å². The van der Waals surface area contributed by atoms with Crippen molar-refractivity contribution in [2.24, 2.45) is 22.6 Å². The van der Waals surface area contributed by atoms with Gasteiger partial charge in [-0.05, 0) is 55.4 Å². The lowest BCUT2D eigenvalue weighted by molar-refractivity contribution is 0.238. The molecule has 0 N–H and O–H groups in total. The summed E-state index contributed by atoms with van der Waals surface area (Å²) >= 11 is 0. The maximum Gasteiger partial charge on any atom is 0.425 e. The average molecular weight is 575 g/mol. The fourth-order valence-electron chi connectivity index (χ4n) is 2.00. The number of halogens is 6. The molecular weight excluding hydrogens is 547 g/mol. The van der Waals surface area contributed by atoms with E-state index in [0.717, 1.165) is 0 Å². The first kappa shape index (κ1) is 30.6. The minimum absolute atomic E-state index is 1.05. The highest BCUT2D eigenvalue weighted by Crippen LogP contribution is 2.82. The Labute approximate surface area is 185 Å². The van der Waals surface area contributed by atoms with Gasteiger partial charge in [0.05, 0.1) is 24.4 Å². The van der Waals surface area contributed by atoms with Crippen molar-refractivity contribution in [2.75, 3.05) is 0 Å². The maximum absolute atomic E-state index is 15.7. The standard InChI is InChI=1S/C12H28F6N5O4P5/c1-9(2)24-29(15)19-28(13,14)20-30(16,25-10(3)4)22-32(18,27-12(7)8)23-31(17,21-29)26-11(5)6/h9-12H,1-8H3. The summed E-state index contributed by atoms with van der Waals surface area (Å²) in [6.07, 6.45) is -4.31. The molecule has 32 heavy (non-hydrogen) atoms. The van der Waals surface area contributed by atoms with E-state index in [4.69, 9.17) is 18.1 Å². The van der Waals surface area contributed by atoms with Gasteiger partial charge in [-0.3, -0.25) is 0 Å².